The summed E-state index contributed by atoms with van der Waals surface area (Å²) in [6.07, 6.45) is 0. The molecule has 0 fully saturated rings. The molecule has 1 nitrogen and oxygen atoms in total. The van der Waals surface area contributed by atoms with Crippen LogP contribution in [0.4, 0.5) is 0 Å². The van der Waals surface area contributed by atoms with Gasteiger partial charge < -0.3 is 5.11 Å². The fourth-order valence-corrected chi connectivity index (χ4v) is 2.73. The lowest BCUT2D eigenvalue weighted by Gasteiger charge is -2.04. The third kappa shape index (κ3) is 3.66. The van der Waals surface area contributed by atoms with E-state index in [1.165, 1.54) is 5.56 Å². The highest BCUT2D eigenvalue weighted by atomic mass is 35.5. The first kappa shape index (κ1) is 13.8. The number of aliphatic hydroxyl groups excluding tert-OH is 1. The Bertz CT molecular complexity index is 526. The van der Waals surface area contributed by atoms with Crippen molar-refractivity contribution < 1.29 is 5.11 Å². The molecule has 0 saturated carbocycles. The fourth-order valence-electron chi connectivity index (χ4n) is 1.47. The quantitative estimate of drug-likeness (QED) is 0.820. The maximum Gasteiger partial charge on any atom is 0.0681 e. The van der Waals surface area contributed by atoms with Crippen molar-refractivity contribution in [2.75, 3.05) is 0 Å². The van der Waals surface area contributed by atoms with E-state index in [-0.39, 0.29) is 6.61 Å². The van der Waals surface area contributed by atoms with Crippen molar-refractivity contribution >= 4 is 35.0 Å². The molecule has 2 aromatic carbocycles. The van der Waals surface area contributed by atoms with Gasteiger partial charge in [-0.25, -0.2) is 0 Å². The number of halogens is 2. The van der Waals surface area contributed by atoms with Crippen molar-refractivity contribution in [3.8, 4) is 0 Å². The largest absolute Gasteiger partial charge is 0.392 e. The standard InChI is InChI=1S/C14H12Cl2OS/c15-13-6-5-12(7-14(13)16)18-9-11-3-1-10(8-17)2-4-11/h1-7,17H,8-9H2. The maximum atomic E-state index is 8.96. The summed E-state index contributed by atoms with van der Waals surface area (Å²) in [6, 6.07) is 13.6. The second-order valence-corrected chi connectivity index (χ2v) is 5.70. The smallest absolute Gasteiger partial charge is 0.0681 e. The van der Waals surface area contributed by atoms with Gasteiger partial charge in [0, 0.05) is 10.6 Å². The van der Waals surface area contributed by atoms with E-state index in [0.29, 0.717) is 10.0 Å². The van der Waals surface area contributed by atoms with E-state index >= 15 is 0 Å². The van der Waals surface area contributed by atoms with Gasteiger partial charge in [0.1, 0.15) is 0 Å². The van der Waals surface area contributed by atoms with Gasteiger partial charge in [-0.1, -0.05) is 47.5 Å². The molecule has 0 spiro atoms. The Balaban J connectivity index is 1.99. The van der Waals surface area contributed by atoms with Gasteiger partial charge in [-0.05, 0) is 29.3 Å². The zero-order chi connectivity index (χ0) is 13.0. The molecule has 0 saturated heterocycles. The van der Waals surface area contributed by atoms with Gasteiger partial charge in [0.2, 0.25) is 0 Å². The number of thioether (sulfide) groups is 1. The highest BCUT2D eigenvalue weighted by Crippen LogP contribution is 2.29. The predicted octanol–water partition coefficient (Wildman–Crippen LogP) is 4.78. The minimum absolute atomic E-state index is 0.0835. The Kier molecular flexibility index (Phi) is 4.95. The second-order valence-electron chi connectivity index (χ2n) is 3.84. The summed E-state index contributed by atoms with van der Waals surface area (Å²) in [5, 5.41) is 10.1. The summed E-state index contributed by atoms with van der Waals surface area (Å²) in [6.45, 7) is 0.0835. The van der Waals surface area contributed by atoms with Crippen LogP contribution in [-0.2, 0) is 12.4 Å². The number of aliphatic hydroxyl groups is 1. The molecule has 2 rings (SSSR count). The third-order valence-corrected chi connectivity index (χ3v) is 4.31. The summed E-state index contributed by atoms with van der Waals surface area (Å²) in [4.78, 5) is 1.09. The van der Waals surface area contributed by atoms with Gasteiger partial charge in [-0.15, -0.1) is 11.8 Å². The van der Waals surface area contributed by atoms with Crippen LogP contribution in [0.15, 0.2) is 47.4 Å². The molecule has 0 bridgehead atoms. The molecule has 0 aromatic heterocycles. The molecule has 0 unspecified atom stereocenters. The molecule has 0 aliphatic heterocycles. The predicted molar refractivity (Wildman–Crippen MR) is 78.4 cm³/mol. The van der Waals surface area contributed by atoms with Gasteiger partial charge >= 0.3 is 0 Å². The molecule has 0 aliphatic carbocycles. The lowest BCUT2D eigenvalue weighted by atomic mass is 10.2. The number of benzene rings is 2. The molecule has 0 amide bonds. The van der Waals surface area contributed by atoms with Crippen LogP contribution in [0.1, 0.15) is 11.1 Å². The van der Waals surface area contributed by atoms with Gasteiger partial charge in [-0.2, -0.15) is 0 Å². The monoisotopic (exact) mass is 298 g/mol. The second kappa shape index (κ2) is 6.48. The number of hydrogen-bond donors (Lipinski definition) is 1. The molecule has 4 heteroatoms. The van der Waals surface area contributed by atoms with Crippen LogP contribution in [0.2, 0.25) is 10.0 Å². The van der Waals surface area contributed by atoms with Crippen LogP contribution in [0, 0.1) is 0 Å². The first-order chi connectivity index (χ1) is 8.69. The van der Waals surface area contributed by atoms with E-state index in [2.05, 4.69) is 0 Å². The SMILES string of the molecule is OCc1ccc(CSc2ccc(Cl)c(Cl)c2)cc1. The minimum Gasteiger partial charge on any atom is -0.392 e. The van der Waals surface area contributed by atoms with Crippen LogP contribution in [0.5, 0.6) is 0 Å². The summed E-state index contributed by atoms with van der Waals surface area (Å²) >= 11 is 13.5. The lowest BCUT2D eigenvalue weighted by molar-refractivity contribution is 0.282. The number of hydrogen-bond acceptors (Lipinski definition) is 2. The average molecular weight is 299 g/mol. The zero-order valence-corrected chi connectivity index (χ0v) is 11.9. The molecular weight excluding hydrogens is 287 g/mol. The Hall–Kier alpha value is -0.670. The topological polar surface area (TPSA) is 20.2 Å². The van der Waals surface area contributed by atoms with Crippen LogP contribution in [0.3, 0.4) is 0 Å². The molecule has 0 aliphatic rings. The summed E-state index contributed by atoms with van der Waals surface area (Å²) in [5.41, 5.74) is 2.14. The highest BCUT2D eigenvalue weighted by molar-refractivity contribution is 7.98. The van der Waals surface area contributed by atoms with Crippen LogP contribution >= 0.6 is 35.0 Å². The van der Waals surface area contributed by atoms with Crippen LogP contribution in [0.25, 0.3) is 0 Å². The van der Waals surface area contributed by atoms with Gasteiger partial charge in [0.15, 0.2) is 0 Å². The summed E-state index contributed by atoms with van der Waals surface area (Å²) in [5.74, 6) is 0.865. The van der Waals surface area contributed by atoms with Gasteiger partial charge in [-0.3, -0.25) is 0 Å². The number of rotatable bonds is 4. The molecule has 1 N–H and O–H groups in total. The van der Waals surface area contributed by atoms with Crippen molar-refractivity contribution in [1.29, 1.82) is 0 Å². The Morgan fingerprint density at radius 2 is 1.56 bits per heavy atom. The minimum atomic E-state index is 0.0835. The van der Waals surface area contributed by atoms with E-state index in [4.69, 9.17) is 28.3 Å². The van der Waals surface area contributed by atoms with Crippen molar-refractivity contribution in [3.63, 3.8) is 0 Å². The van der Waals surface area contributed by atoms with E-state index in [1.807, 2.05) is 36.4 Å². The lowest BCUT2D eigenvalue weighted by Crippen LogP contribution is -1.85. The summed E-state index contributed by atoms with van der Waals surface area (Å²) in [7, 11) is 0. The molecule has 0 atom stereocenters. The average Bonchev–Trinajstić information content (AvgIpc) is 2.41. The van der Waals surface area contributed by atoms with E-state index in [1.54, 1.807) is 17.8 Å². The molecule has 0 radical (unpaired) electrons. The zero-order valence-electron chi connectivity index (χ0n) is 9.57. The molecule has 18 heavy (non-hydrogen) atoms. The van der Waals surface area contributed by atoms with E-state index in [9.17, 15) is 0 Å². The van der Waals surface area contributed by atoms with E-state index in [0.717, 1.165) is 16.2 Å². The van der Waals surface area contributed by atoms with Crippen molar-refractivity contribution in [3.05, 3.63) is 63.6 Å². The fraction of sp³-hybridized carbons (Fsp3) is 0.143. The molecule has 0 heterocycles. The Labute approximate surface area is 121 Å². The molecule has 94 valence electrons. The highest BCUT2D eigenvalue weighted by Gasteiger charge is 2.01. The van der Waals surface area contributed by atoms with Gasteiger partial charge in [0.05, 0.1) is 16.7 Å². The first-order valence-electron chi connectivity index (χ1n) is 5.45. The normalized spacial score (nSPS) is 10.6. The van der Waals surface area contributed by atoms with E-state index < -0.39 is 0 Å². The van der Waals surface area contributed by atoms with Crippen molar-refractivity contribution in [2.45, 2.75) is 17.3 Å². The molecule has 2 aromatic rings. The third-order valence-electron chi connectivity index (χ3n) is 2.50. The Morgan fingerprint density at radius 1 is 0.889 bits per heavy atom. The molecular formula is C14H12Cl2OS. The summed E-state index contributed by atoms with van der Waals surface area (Å²) < 4.78 is 0. The van der Waals surface area contributed by atoms with Crippen molar-refractivity contribution in [1.82, 2.24) is 0 Å². The van der Waals surface area contributed by atoms with Crippen LogP contribution in [-0.4, -0.2) is 5.11 Å². The Morgan fingerprint density at radius 3 is 2.17 bits per heavy atom. The van der Waals surface area contributed by atoms with Crippen LogP contribution < -0.4 is 0 Å². The first-order valence-corrected chi connectivity index (χ1v) is 7.20. The van der Waals surface area contributed by atoms with Gasteiger partial charge in [0.25, 0.3) is 0 Å². The maximum absolute atomic E-state index is 8.96. The van der Waals surface area contributed by atoms with Crippen molar-refractivity contribution in [2.24, 2.45) is 0 Å².